The van der Waals surface area contributed by atoms with E-state index in [1.807, 2.05) is 21.1 Å². The molecule has 1 N–H and O–H groups in total. The number of unbranched alkanes of at least 4 members (excludes halogenated alkanes) is 19. The molecule has 0 bridgehead atoms. The van der Waals surface area contributed by atoms with E-state index in [1.165, 1.54) is 83.5 Å². The molecule has 2 unspecified atom stereocenters. The van der Waals surface area contributed by atoms with Gasteiger partial charge in [-0.15, -0.1) is 0 Å². The summed E-state index contributed by atoms with van der Waals surface area (Å²) in [5.74, 6) is -0.807. The zero-order valence-corrected chi connectivity index (χ0v) is 36.3. The SMILES string of the molecule is CC/C=C\C/C=C\C/C=C\CCCCCCCCCC(=O)OC(COC(=O)CCCCCCCCCCCCCCC)COP(=O)(O)OCC[N+](C)(C)C. The Kier molecular flexibility index (Phi) is 35.6. The zero-order valence-electron chi connectivity index (χ0n) is 35.5. The van der Waals surface area contributed by atoms with E-state index in [0.29, 0.717) is 17.4 Å². The van der Waals surface area contributed by atoms with Crippen molar-refractivity contribution in [2.24, 2.45) is 0 Å². The molecule has 316 valence electrons. The summed E-state index contributed by atoms with van der Waals surface area (Å²) in [7, 11) is 1.47. The third-order valence-corrected chi connectivity index (χ3v) is 10.2. The molecule has 0 aliphatic heterocycles. The summed E-state index contributed by atoms with van der Waals surface area (Å²) < 4.78 is 34.3. The molecule has 0 fully saturated rings. The minimum atomic E-state index is -4.37. The Morgan fingerprint density at radius 1 is 0.593 bits per heavy atom. The molecule has 10 heteroatoms. The van der Waals surface area contributed by atoms with Gasteiger partial charge in [0.1, 0.15) is 19.8 Å². The van der Waals surface area contributed by atoms with Crippen LogP contribution < -0.4 is 0 Å². The van der Waals surface area contributed by atoms with Gasteiger partial charge in [0.15, 0.2) is 6.10 Å². The molecule has 54 heavy (non-hydrogen) atoms. The molecule has 0 aliphatic carbocycles. The van der Waals surface area contributed by atoms with Crippen molar-refractivity contribution < 1.29 is 42.1 Å². The number of esters is 2. The van der Waals surface area contributed by atoms with Crippen molar-refractivity contribution in [2.45, 2.75) is 187 Å². The van der Waals surface area contributed by atoms with Crippen molar-refractivity contribution in [3.63, 3.8) is 0 Å². The number of phosphoric acid groups is 1. The summed E-state index contributed by atoms with van der Waals surface area (Å²) in [6.07, 6.45) is 40.4. The molecule has 2 atom stereocenters. The van der Waals surface area contributed by atoms with E-state index in [1.54, 1.807) is 0 Å². The van der Waals surface area contributed by atoms with Crippen LogP contribution >= 0.6 is 7.82 Å². The number of ether oxygens (including phenoxy) is 2. The van der Waals surface area contributed by atoms with Gasteiger partial charge in [-0.1, -0.05) is 159 Å². The highest BCUT2D eigenvalue weighted by molar-refractivity contribution is 7.47. The summed E-state index contributed by atoms with van der Waals surface area (Å²) in [6.45, 7) is 4.30. The predicted molar refractivity (Wildman–Crippen MR) is 224 cm³/mol. The van der Waals surface area contributed by atoms with Crippen molar-refractivity contribution in [1.29, 1.82) is 0 Å². The van der Waals surface area contributed by atoms with Gasteiger partial charge in [0.25, 0.3) is 0 Å². The Labute approximate surface area is 331 Å². The molecule has 0 heterocycles. The van der Waals surface area contributed by atoms with Crippen LogP contribution in [0.15, 0.2) is 36.5 Å². The van der Waals surface area contributed by atoms with Gasteiger partial charge in [-0.3, -0.25) is 18.6 Å². The lowest BCUT2D eigenvalue weighted by molar-refractivity contribution is -0.870. The van der Waals surface area contributed by atoms with E-state index in [2.05, 4.69) is 50.3 Å². The van der Waals surface area contributed by atoms with Crippen molar-refractivity contribution in [1.82, 2.24) is 0 Å². The van der Waals surface area contributed by atoms with Crippen LogP contribution in [0.1, 0.15) is 181 Å². The lowest BCUT2D eigenvalue weighted by Gasteiger charge is -2.24. The number of hydrogen-bond donors (Lipinski definition) is 1. The highest BCUT2D eigenvalue weighted by Crippen LogP contribution is 2.43. The highest BCUT2D eigenvalue weighted by atomic mass is 31.2. The van der Waals surface area contributed by atoms with E-state index in [4.69, 9.17) is 18.5 Å². The summed E-state index contributed by atoms with van der Waals surface area (Å²) in [5, 5.41) is 0. The number of likely N-dealkylation sites (N-methyl/N-ethyl adjacent to an activating group) is 1. The summed E-state index contributed by atoms with van der Waals surface area (Å²) in [6, 6.07) is 0. The fraction of sp³-hybridized carbons (Fsp3) is 0.818. The molecule has 0 radical (unpaired) electrons. The molecular weight excluding hydrogens is 701 g/mol. The van der Waals surface area contributed by atoms with Gasteiger partial charge in [-0.05, 0) is 44.9 Å². The fourth-order valence-electron chi connectivity index (χ4n) is 5.79. The van der Waals surface area contributed by atoms with Crippen LogP contribution in [-0.2, 0) is 32.7 Å². The van der Waals surface area contributed by atoms with E-state index < -0.39 is 26.5 Å². The summed E-state index contributed by atoms with van der Waals surface area (Å²) in [4.78, 5) is 35.3. The predicted octanol–water partition coefficient (Wildman–Crippen LogP) is 12.1. The number of phosphoric ester groups is 1. The minimum absolute atomic E-state index is 0.0301. The number of carbonyl (C=O) groups excluding carboxylic acids is 2. The first-order chi connectivity index (χ1) is 26.0. The number of nitrogens with zero attached hydrogens (tertiary/aromatic N) is 1. The monoisotopic (exact) mass is 785 g/mol. The molecule has 0 rings (SSSR count). The number of hydrogen-bond acceptors (Lipinski definition) is 7. The first-order valence-corrected chi connectivity index (χ1v) is 23.2. The highest BCUT2D eigenvalue weighted by Gasteiger charge is 2.27. The molecule has 0 spiro atoms. The number of quaternary nitrogens is 1. The zero-order chi connectivity index (χ0) is 40.0. The average Bonchev–Trinajstić information content (AvgIpc) is 3.12. The first kappa shape index (κ1) is 52.2. The molecule has 0 saturated carbocycles. The maximum Gasteiger partial charge on any atom is 0.472 e. The topological polar surface area (TPSA) is 108 Å². The van der Waals surface area contributed by atoms with Gasteiger partial charge >= 0.3 is 19.8 Å². The number of carbonyl (C=O) groups is 2. The van der Waals surface area contributed by atoms with Crippen LogP contribution in [0.4, 0.5) is 0 Å². The lowest BCUT2D eigenvalue weighted by Crippen LogP contribution is -2.37. The van der Waals surface area contributed by atoms with Crippen LogP contribution in [0.2, 0.25) is 0 Å². The van der Waals surface area contributed by atoms with Gasteiger partial charge in [0.05, 0.1) is 27.7 Å². The summed E-state index contributed by atoms with van der Waals surface area (Å²) in [5.41, 5.74) is 0. The molecule has 9 nitrogen and oxygen atoms in total. The van der Waals surface area contributed by atoms with Crippen LogP contribution in [0.3, 0.4) is 0 Å². The molecular formula is C44H83NO8P+. The van der Waals surface area contributed by atoms with E-state index in [9.17, 15) is 19.0 Å². The van der Waals surface area contributed by atoms with Crippen LogP contribution in [-0.4, -0.2) is 74.9 Å². The molecule has 0 aromatic rings. The van der Waals surface area contributed by atoms with Crippen molar-refractivity contribution in [3.05, 3.63) is 36.5 Å². The van der Waals surface area contributed by atoms with Crippen molar-refractivity contribution >= 4 is 19.8 Å². The lowest BCUT2D eigenvalue weighted by atomic mass is 10.0. The molecule has 0 saturated heterocycles. The normalized spacial score (nSPS) is 14.0. The smallest absolute Gasteiger partial charge is 0.462 e. The fourth-order valence-corrected chi connectivity index (χ4v) is 6.53. The number of rotatable bonds is 39. The number of allylic oxidation sites excluding steroid dienone is 6. The van der Waals surface area contributed by atoms with Gasteiger partial charge in [0.2, 0.25) is 0 Å². The standard InChI is InChI=1S/C44H82NO8P/c1-6-8-10-12-14-16-18-20-21-22-23-25-27-29-31-33-35-37-44(47)53-42(41-52-54(48,49)51-39-38-45(3,4)5)40-50-43(46)36-34-32-30-28-26-24-19-17-15-13-11-9-7-2/h8,10,14,16,20-21,42H,6-7,9,11-13,15,17-19,22-41H2,1-5H3/p+1/b10-8-,16-14-,21-20-. The second-order valence-electron chi connectivity index (χ2n) is 15.7. The van der Waals surface area contributed by atoms with Gasteiger partial charge in [0, 0.05) is 12.8 Å². The largest absolute Gasteiger partial charge is 0.472 e. The van der Waals surface area contributed by atoms with Crippen LogP contribution in [0.5, 0.6) is 0 Å². The third kappa shape index (κ3) is 39.9. The Balaban J connectivity index is 4.37. The molecule has 0 aliphatic rings. The van der Waals surface area contributed by atoms with Gasteiger partial charge < -0.3 is 18.9 Å². The average molecular weight is 785 g/mol. The minimum Gasteiger partial charge on any atom is -0.462 e. The second-order valence-corrected chi connectivity index (χ2v) is 17.2. The third-order valence-electron chi connectivity index (χ3n) is 9.18. The van der Waals surface area contributed by atoms with E-state index in [0.717, 1.165) is 64.2 Å². The van der Waals surface area contributed by atoms with Crippen LogP contribution in [0, 0.1) is 0 Å². The Bertz CT molecular complexity index is 1020. The quantitative estimate of drug-likeness (QED) is 0.0216. The Morgan fingerprint density at radius 2 is 1.06 bits per heavy atom. The maximum atomic E-state index is 12.7. The van der Waals surface area contributed by atoms with Gasteiger partial charge in [-0.2, -0.15) is 0 Å². The van der Waals surface area contributed by atoms with Crippen molar-refractivity contribution in [3.8, 4) is 0 Å². The summed E-state index contributed by atoms with van der Waals surface area (Å²) >= 11 is 0. The van der Waals surface area contributed by atoms with Gasteiger partial charge in [-0.25, -0.2) is 4.57 Å². The molecule has 0 amide bonds. The molecule has 0 aromatic heterocycles. The Hall–Kier alpha value is -1.77. The van der Waals surface area contributed by atoms with Crippen LogP contribution in [0.25, 0.3) is 0 Å². The molecule has 0 aromatic carbocycles. The maximum absolute atomic E-state index is 12.7. The second kappa shape index (κ2) is 36.8. The van der Waals surface area contributed by atoms with Crippen molar-refractivity contribution in [2.75, 3.05) is 47.5 Å². The first-order valence-electron chi connectivity index (χ1n) is 21.7. The Morgan fingerprint density at radius 3 is 1.57 bits per heavy atom. The van der Waals surface area contributed by atoms with E-state index in [-0.39, 0.29) is 32.0 Å². The van der Waals surface area contributed by atoms with E-state index >= 15 is 0 Å².